The Morgan fingerprint density at radius 2 is 1.63 bits per heavy atom. The van der Waals surface area contributed by atoms with Gasteiger partial charge < -0.3 is 33.9 Å². The Morgan fingerprint density at radius 1 is 0.917 bits per heavy atom. The fourth-order valence-electron chi connectivity index (χ4n) is 9.54. The number of amides is 6. The van der Waals surface area contributed by atoms with E-state index >= 15 is 0 Å². The molecule has 5 aliphatic rings. The van der Waals surface area contributed by atoms with E-state index in [0.29, 0.717) is 67.9 Å². The molecule has 60 heavy (non-hydrogen) atoms. The topological polar surface area (TPSA) is 172 Å². The first-order valence-electron chi connectivity index (χ1n) is 20.7. The van der Waals surface area contributed by atoms with Gasteiger partial charge in [-0.3, -0.25) is 39.1 Å². The van der Waals surface area contributed by atoms with Crippen LogP contribution in [0.25, 0.3) is 11.1 Å². The predicted octanol–water partition coefficient (Wildman–Crippen LogP) is 2.78. The van der Waals surface area contributed by atoms with E-state index in [-0.39, 0.29) is 47.5 Å². The molecule has 3 fully saturated rings. The SMILES string of the molecule is COc1cc(-c2cn(C)c(=O)c3c2CCN(C(=O)NCC2CC24CCN(CCOc2ccc5c(c2)C(=O)N(C2CCC(=O)NC2=O)C5=O)CC4)C3)cc(OC)c1CN(C)C. The molecule has 2 N–H and O–H groups in total. The Balaban J connectivity index is 0.813. The zero-order valence-corrected chi connectivity index (χ0v) is 34.9. The Bertz CT molecular complexity index is 2290. The molecule has 0 radical (unpaired) electrons. The summed E-state index contributed by atoms with van der Waals surface area (Å²) in [5, 5.41) is 5.40. The molecule has 2 atom stereocenters. The van der Waals surface area contributed by atoms with Gasteiger partial charge in [-0.1, -0.05) is 0 Å². The number of aromatic nitrogens is 1. The number of pyridine rings is 1. The van der Waals surface area contributed by atoms with Crippen molar-refractivity contribution in [3.63, 3.8) is 0 Å². The number of methoxy groups -OCH3 is 2. The van der Waals surface area contributed by atoms with E-state index in [9.17, 15) is 28.8 Å². The first-order chi connectivity index (χ1) is 28.8. The van der Waals surface area contributed by atoms with E-state index in [4.69, 9.17) is 14.2 Å². The first-order valence-corrected chi connectivity index (χ1v) is 20.7. The van der Waals surface area contributed by atoms with Crippen LogP contribution in [-0.2, 0) is 36.1 Å². The van der Waals surface area contributed by atoms with Crippen LogP contribution in [0.1, 0.15) is 69.5 Å². The minimum absolute atomic E-state index is 0.0655. The van der Waals surface area contributed by atoms with Crippen LogP contribution in [0.4, 0.5) is 4.79 Å². The molecule has 4 aliphatic heterocycles. The Morgan fingerprint density at radius 3 is 2.32 bits per heavy atom. The van der Waals surface area contributed by atoms with Crippen molar-refractivity contribution in [1.29, 1.82) is 0 Å². The van der Waals surface area contributed by atoms with Gasteiger partial charge in [-0.15, -0.1) is 0 Å². The monoisotopic (exact) mass is 823 g/mol. The van der Waals surface area contributed by atoms with E-state index in [1.807, 2.05) is 32.4 Å². The van der Waals surface area contributed by atoms with Crippen LogP contribution in [0.2, 0.25) is 0 Å². The molecule has 6 amide bonds. The second kappa shape index (κ2) is 16.4. The van der Waals surface area contributed by atoms with Gasteiger partial charge in [-0.2, -0.15) is 0 Å². The lowest BCUT2D eigenvalue weighted by Crippen LogP contribution is -2.54. The number of benzene rings is 2. The number of ether oxygens (including phenoxy) is 3. The van der Waals surface area contributed by atoms with Crippen molar-refractivity contribution in [2.45, 2.75) is 57.7 Å². The molecule has 1 aliphatic carbocycles. The van der Waals surface area contributed by atoms with Gasteiger partial charge in [-0.25, -0.2) is 4.79 Å². The molecule has 2 saturated heterocycles. The van der Waals surface area contributed by atoms with Gasteiger partial charge in [0.25, 0.3) is 17.4 Å². The summed E-state index contributed by atoms with van der Waals surface area (Å²) >= 11 is 0. The molecule has 5 heterocycles. The number of hydrogen-bond donors (Lipinski definition) is 2. The standard InChI is InChI=1S/C44H53N7O9/c1-47(2)23-34-36(58-4)18-26(19-37(34)59-5)32-24-48(3)40(54)33-25-50(13-10-29(32)33)43(57)45-22-27-21-44(27)11-14-49(15-12-44)16-17-60-28-6-7-30-31(20-28)42(56)51(41(30)55)35-8-9-38(52)46-39(35)53/h6-7,18-20,24,27,35H,8-17,21-23,25H2,1-5H3,(H,45,57)(H,46,52,53). The molecule has 16 nitrogen and oxygen atoms in total. The number of rotatable bonds is 12. The number of aryl methyl sites for hydroxylation is 1. The number of urea groups is 1. The summed E-state index contributed by atoms with van der Waals surface area (Å²) in [6, 6.07) is 7.60. The lowest BCUT2D eigenvalue weighted by molar-refractivity contribution is -0.136. The molecule has 1 aromatic heterocycles. The zero-order chi connectivity index (χ0) is 42.5. The number of hydrogen-bond acceptors (Lipinski definition) is 11. The Hall–Kier alpha value is -5.74. The molecular formula is C44H53N7O9. The van der Waals surface area contributed by atoms with Gasteiger partial charge in [0.15, 0.2) is 0 Å². The van der Waals surface area contributed by atoms with E-state index in [0.717, 1.165) is 59.5 Å². The molecule has 16 heteroatoms. The summed E-state index contributed by atoms with van der Waals surface area (Å²) in [4.78, 5) is 84.3. The molecule has 2 unspecified atom stereocenters. The zero-order valence-electron chi connectivity index (χ0n) is 34.9. The van der Waals surface area contributed by atoms with Crippen LogP contribution < -0.4 is 30.4 Å². The predicted molar refractivity (Wildman–Crippen MR) is 220 cm³/mol. The summed E-state index contributed by atoms with van der Waals surface area (Å²) in [6.45, 7) is 4.91. The van der Waals surface area contributed by atoms with Crippen LogP contribution in [0.15, 0.2) is 41.3 Å². The van der Waals surface area contributed by atoms with E-state index < -0.39 is 29.7 Å². The third-order valence-corrected chi connectivity index (χ3v) is 13.0. The highest BCUT2D eigenvalue weighted by Gasteiger charge is 2.54. The van der Waals surface area contributed by atoms with Crippen LogP contribution in [0.5, 0.6) is 17.2 Å². The van der Waals surface area contributed by atoms with Crippen molar-refractivity contribution in [1.82, 2.24) is 34.8 Å². The normalized spacial score (nSPS) is 20.9. The van der Waals surface area contributed by atoms with Gasteiger partial charge in [0, 0.05) is 57.0 Å². The summed E-state index contributed by atoms with van der Waals surface area (Å²) in [6.07, 6.45) is 5.72. The molecule has 1 spiro atoms. The number of piperidine rings is 2. The fraction of sp³-hybridized carbons (Fsp3) is 0.500. The maximum absolute atomic E-state index is 13.5. The van der Waals surface area contributed by atoms with Crippen molar-refractivity contribution in [3.8, 4) is 28.4 Å². The van der Waals surface area contributed by atoms with Gasteiger partial charge in [0.05, 0.1) is 37.5 Å². The number of nitrogens with one attached hydrogen (secondary N) is 2. The Labute approximate surface area is 348 Å². The molecule has 8 rings (SSSR count). The highest BCUT2D eigenvalue weighted by atomic mass is 16.5. The van der Waals surface area contributed by atoms with Gasteiger partial charge >= 0.3 is 6.03 Å². The number of carbonyl (C=O) groups is 5. The van der Waals surface area contributed by atoms with Crippen LogP contribution in [-0.4, -0.2) is 128 Å². The molecular weight excluding hydrogens is 771 g/mol. The highest BCUT2D eigenvalue weighted by Crippen LogP contribution is 2.59. The maximum atomic E-state index is 13.5. The summed E-state index contributed by atoms with van der Waals surface area (Å²) in [5.74, 6) is 0.138. The van der Waals surface area contributed by atoms with Gasteiger partial charge in [0.2, 0.25) is 11.8 Å². The van der Waals surface area contributed by atoms with Crippen LogP contribution in [0.3, 0.4) is 0 Å². The maximum Gasteiger partial charge on any atom is 0.317 e. The molecule has 3 aromatic rings. The lowest BCUT2D eigenvalue weighted by atomic mass is 9.91. The quantitative estimate of drug-likeness (QED) is 0.258. The molecule has 1 saturated carbocycles. The smallest absolute Gasteiger partial charge is 0.317 e. The largest absolute Gasteiger partial charge is 0.496 e. The third-order valence-electron chi connectivity index (χ3n) is 13.0. The number of imide groups is 2. The summed E-state index contributed by atoms with van der Waals surface area (Å²) in [7, 11) is 9.02. The van der Waals surface area contributed by atoms with E-state index in [1.165, 1.54) is 0 Å². The third kappa shape index (κ3) is 7.73. The molecule has 0 bridgehead atoms. The van der Waals surface area contributed by atoms with E-state index in [1.54, 1.807) is 48.9 Å². The van der Waals surface area contributed by atoms with E-state index in [2.05, 4.69) is 20.4 Å². The number of fused-ring (bicyclic) bond motifs is 2. The second-order valence-corrected chi connectivity index (χ2v) is 17.0. The molecule has 318 valence electrons. The average molecular weight is 824 g/mol. The number of nitrogens with zero attached hydrogens (tertiary/aromatic N) is 5. The van der Waals surface area contributed by atoms with Crippen molar-refractivity contribution in [2.24, 2.45) is 18.4 Å². The highest BCUT2D eigenvalue weighted by molar-refractivity contribution is 6.23. The van der Waals surface area contributed by atoms with Crippen molar-refractivity contribution in [2.75, 3.05) is 67.6 Å². The number of carbonyl (C=O) groups excluding carboxylic acids is 5. The fourth-order valence-corrected chi connectivity index (χ4v) is 9.54. The summed E-state index contributed by atoms with van der Waals surface area (Å²) in [5.41, 5.74) is 4.86. The van der Waals surface area contributed by atoms with Crippen molar-refractivity contribution in [3.05, 3.63) is 74.7 Å². The van der Waals surface area contributed by atoms with Crippen molar-refractivity contribution < 1.29 is 38.2 Å². The summed E-state index contributed by atoms with van der Waals surface area (Å²) < 4.78 is 19.2. The van der Waals surface area contributed by atoms with Crippen LogP contribution in [0, 0.1) is 11.3 Å². The second-order valence-electron chi connectivity index (χ2n) is 17.0. The van der Waals surface area contributed by atoms with Crippen LogP contribution >= 0.6 is 0 Å². The van der Waals surface area contributed by atoms with Gasteiger partial charge in [-0.05, 0) is 112 Å². The molecule has 2 aromatic carbocycles. The van der Waals surface area contributed by atoms with Gasteiger partial charge in [0.1, 0.15) is 29.9 Å². The van der Waals surface area contributed by atoms with Crippen molar-refractivity contribution >= 4 is 29.7 Å². The first kappa shape index (κ1) is 41.0. The lowest BCUT2D eigenvalue weighted by Gasteiger charge is -2.33. The minimum Gasteiger partial charge on any atom is -0.496 e. The Kier molecular flexibility index (Phi) is 11.2. The number of likely N-dealkylation sites (tertiary alicyclic amines) is 1. The average Bonchev–Trinajstić information content (AvgIpc) is 3.85. The minimum atomic E-state index is -1.01.